The molecule has 0 radical (unpaired) electrons. The van der Waals surface area contributed by atoms with E-state index in [1.165, 1.54) is 11.8 Å². The van der Waals surface area contributed by atoms with Crippen LogP contribution in [0.25, 0.3) is 6.08 Å². The Morgan fingerprint density at radius 3 is 2.95 bits per heavy atom. The molecule has 0 saturated carbocycles. The van der Waals surface area contributed by atoms with E-state index in [1.807, 2.05) is 24.5 Å². The lowest BCUT2D eigenvalue weighted by Gasteiger charge is -2.15. The van der Waals surface area contributed by atoms with Crippen LogP contribution in [-0.2, 0) is 4.79 Å². The standard InChI is InChI=1S/C16H18N2O3S/c1-3-4-7-18-15(19)12(17-16(18)22-2)8-11-5-6-13-14(9-11)21-10-20-13/h5-6,8-9H,3-4,7,10H2,1-2H3/b12-8-. The molecule has 0 saturated heterocycles. The van der Waals surface area contributed by atoms with Crippen LogP contribution in [0, 0.1) is 0 Å². The Bertz CT molecular complexity index is 655. The Hall–Kier alpha value is -1.95. The van der Waals surface area contributed by atoms with Crippen molar-refractivity contribution in [2.24, 2.45) is 4.99 Å². The second kappa shape index (κ2) is 6.44. The molecule has 0 aliphatic carbocycles. The van der Waals surface area contributed by atoms with Gasteiger partial charge in [-0.1, -0.05) is 31.2 Å². The van der Waals surface area contributed by atoms with Crippen molar-refractivity contribution in [2.45, 2.75) is 19.8 Å². The van der Waals surface area contributed by atoms with Gasteiger partial charge in [-0.2, -0.15) is 0 Å². The number of amidine groups is 1. The van der Waals surface area contributed by atoms with Crippen molar-refractivity contribution in [3.05, 3.63) is 29.5 Å². The Morgan fingerprint density at radius 2 is 2.18 bits per heavy atom. The molecular formula is C16H18N2O3S. The number of amides is 1. The zero-order valence-electron chi connectivity index (χ0n) is 12.7. The molecule has 2 aliphatic heterocycles. The van der Waals surface area contributed by atoms with Crippen molar-refractivity contribution in [3.63, 3.8) is 0 Å². The maximum Gasteiger partial charge on any atom is 0.278 e. The second-order valence-corrected chi connectivity index (χ2v) is 5.82. The van der Waals surface area contributed by atoms with Crippen LogP contribution in [0.5, 0.6) is 11.5 Å². The summed E-state index contributed by atoms with van der Waals surface area (Å²) in [6.07, 6.45) is 5.76. The number of benzene rings is 1. The Labute approximate surface area is 134 Å². The molecule has 1 amide bonds. The average Bonchev–Trinajstić information content (AvgIpc) is 3.10. The lowest BCUT2D eigenvalue weighted by molar-refractivity contribution is -0.122. The number of rotatable bonds is 4. The maximum atomic E-state index is 12.5. The van der Waals surface area contributed by atoms with Gasteiger partial charge in [0.25, 0.3) is 5.91 Å². The Morgan fingerprint density at radius 1 is 1.36 bits per heavy atom. The summed E-state index contributed by atoms with van der Waals surface area (Å²) < 4.78 is 10.7. The van der Waals surface area contributed by atoms with Crippen molar-refractivity contribution in [1.82, 2.24) is 4.90 Å². The van der Waals surface area contributed by atoms with Gasteiger partial charge in [-0.25, -0.2) is 4.99 Å². The molecule has 0 aromatic heterocycles. The van der Waals surface area contributed by atoms with Gasteiger partial charge >= 0.3 is 0 Å². The number of fused-ring (bicyclic) bond motifs is 1. The van der Waals surface area contributed by atoms with E-state index in [1.54, 1.807) is 11.0 Å². The zero-order chi connectivity index (χ0) is 15.5. The van der Waals surface area contributed by atoms with Gasteiger partial charge in [0.05, 0.1) is 0 Å². The first kappa shape index (κ1) is 15.0. The summed E-state index contributed by atoms with van der Waals surface area (Å²) in [7, 11) is 0. The topological polar surface area (TPSA) is 51.1 Å². The summed E-state index contributed by atoms with van der Waals surface area (Å²) >= 11 is 1.50. The molecule has 6 heteroatoms. The van der Waals surface area contributed by atoms with Crippen LogP contribution in [0.3, 0.4) is 0 Å². The first-order valence-corrected chi connectivity index (χ1v) is 8.51. The molecule has 0 N–H and O–H groups in total. The summed E-state index contributed by atoms with van der Waals surface area (Å²) in [6, 6.07) is 5.62. The average molecular weight is 318 g/mol. The van der Waals surface area contributed by atoms with Gasteiger partial charge in [0.15, 0.2) is 16.7 Å². The highest BCUT2D eigenvalue weighted by Crippen LogP contribution is 2.33. The van der Waals surface area contributed by atoms with E-state index in [0.717, 1.165) is 29.3 Å². The number of ether oxygens (including phenoxy) is 2. The SMILES string of the molecule is CCCCN1C(=O)/C(=C/c2ccc3c(c2)OCO3)N=C1SC. The molecule has 0 bridgehead atoms. The van der Waals surface area contributed by atoms with Crippen LogP contribution in [0.2, 0.25) is 0 Å². The number of unbranched alkanes of at least 4 members (excludes halogenated alkanes) is 1. The van der Waals surface area contributed by atoms with Crippen LogP contribution >= 0.6 is 11.8 Å². The van der Waals surface area contributed by atoms with E-state index in [-0.39, 0.29) is 12.7 Å². The second-order valence-electron chi connectivity index (χ2n) is 5.05. The lowest BCUT2D eigenvalue weighted by Crippen LogP contribution is -2.31. The van der Waals surface area contributed by atoms with Crippen LogP contribution in [0.4, 0.5) is 0 Å². The molecule has 116 valence electrons. The quantitative estimate of drug-likeness (QED) is 0.800. The third-order valence-electron chi connectivity index (χ3n) is 3.53. The lowest BCUT2D eigenvalue weighted by atomic mass is 10.1. The van der Waals surface area contributed by atoms with Crippen molar-refractivity contribution in [1.29, 1.82) is 0 Å². The van der Waals surface area contributed by atoms with Crippen molar-refractivity contribution in [2.75, 3.05) is 19.6 Å². The summed E-state index contributed by atoms with van der Waals surface area (Å²) in [6.45, 7) is 3.07. The largest absolute Gasteiger partial charge is 0.454 e. The van der Waals surface area contributed by atoms with Crippen LogP contribution < -0.4 is 9.47 Å². The third kappa shape index (κ3) is 2.83. The molecule has 0 unspecified atom stereocenters. The number of hydrogen-bond acceptors (Lipinski definition) is 5. The predicted octanol–water partition coefficient (Wildman–Crippen LogP) is 3.12. The van der Waals surface area contributed by atoms with Crippen molar-refractivity contribution >= 4 is 28.9 Å². The zero-order valence-corrected chi connectivity index (χ0v) is 13.5. The van der Waals surface area contributed by atoms with Crippen LogP contribution in [0.1, 0.15) is 25.3 Å². The first-order chi connectivity index (χ1) is 10.7. The normalized spacial score (nSPS) is 18.3. The highest BCUT2D eigenvalue weighted by molar-refractivity contribution is 8.13. The Balaban J connectivity index is 1.85. The van der Waals surface area contributed by atoms with E-state index in [4.69, 9.17) is 9.47 Å². The molecule has 0 spiro atoms. The fourth-order valence-electron chi connectivity index (χ4n) is 2.36. The summed E-state index contributed by atoms with van der Waals surface area (Å²) in [4.78, 5) is 18.7. The number of hydrogen-bond donors (Lipinski definition) is 0. The molecule has 1 aromatic rings. The van der Waals surface area contributed by atoms with Crippen LogP contribution in [-0.4, -0.2) is 35.6 Å². The van der Waals surface area contributed by atoms with E-state index >= 15 is 0 Å². The van der Waals surface area contributed by atoms with Gasteiger partial charge in [-0.3, -0.25) is 9.69 Å². The highest BCUT2D eigenvalue weighted by atomic mass is 32.2. The number of nitrogens with zero attached hydrogens (tertiary/aromatic N) is 2. The van der Waals surface area contributed by atoms with Gasteiger partial charge in [-0.15, -0.1) is 0 Å². The highest BCUT2D eigenvalue weighted by Gasteiger charge is 2.29. The molecule has 5 nitrogen and oxygen atoms in total. The van der Waals surface area contributed by atoms with Crippen molar-refractivity contribution < 1.29 is 14.3 Å². The molecule has 22 heavy (non-hydrogen) atoms. The molecule has 2 heterocycles. The van der Waals surface area contributed by atoms with Gasteiger partial charge in [0.2, 0.25) is 6.79 Å². The molecule has 1 aromatic carbocycles. The van der Waals surface area contributed by atoms with E-state index in [2.05, 4.69) is 11.9 Å². The van der Waals surface area contributed by atoms with Crippen LogP contribution in [0.15, 0.2) is 28.9 Å². The summed E-state index contributed by atoms with van der Waals surface area (Å²) in [5.74, 6) is 1.41. The van der Waals surface area contributed by atoms with Crippen molar-refractivity contribution in [3.8, 4) is 11.5 Å². The molecule has 0 fully saturated rings. The van der Waals surface area contributed by atoms with E-state index in [9.17, 15) is 4.79 Å². The van der Waals surface area contributed by atoms with Gasteiger partial charge < -0.3 is 9.47 Å². The first-order valence-electron chi connectivity index (χ1n) is 7.29. The Kier molecular flexibility index (Phi) is 4.38. The molecule has 0 atom stereocenters. The molecule has 3 rings (SSSR count). The van der Waals surface area contributed by atoms with Gasteiger partial charge in [-0.05, 0) is 36.4 Å². The predicted molar refractivity (Wildman–Crippen MR) is 88.1 cm³/mol. The number of carbonyl (C=O) groups is 1. The number of carbonyl (C=O) groups excluding carboxylic acids is 1. The molecular weight excluding hydrogens is 300 g/mol. The smallest absolute Gasteiger partial charge is 0.278 e. The monoisotopic (exact) mass is 318 g/mol. The minimum Gasteiger partial charge on any atom is -0.454 e. The fraction of sp³-hybridized carbons (Fsp3) is 0.375. The number of thioether (sulfide) groups is 1. The summed E-state index contributed by atoms with van der Waals surface area (Å²) in [5.41, 5.74) is 1.36. The summed E-state index contributed by atoms with van der Waals surface area (Å²) in [5, 5.41) is 0.769. The molecule has 2 aliphatic rings. The van der Waals surface area contributed by atoms with E-state index < -0.39 is 0 Å². The number of aliphatic imine (C=N–C) groups is 1. The van der Waals surface area contributed by atoms with Gasteiger partial charge in [0.1, 0.15) is 5.70 Å². The third-order valence-corrected chi connectivity index (χ3v) is 4.21. The minimum atomic E-state index is -0.0320. The van der Waals surface area contributed by atoms with Gasteiger partial charge in [0, 0.05) is 6.54 Å². The minimum absolute atomic E-state index is 0.0320. The van der Waals surface area contributed by atoms with E-state index in [0.29, 0.717) is 18.0 Å². The maximum absolute atomic E-state index is 12.5. The fourth-order valence-corrected chi connectivity index (χ4v) is 2.94.